The van der Waals surface area contributed by atoms with E-state index in [9.17, 15) is 8.42 Å². The average Bonchev–Trinajstić information content (AvgIpc) is 3.05. The Bertz CT molecular complexity index is 466. The second-order valence-electron chi connectivity index (χ2n) is 4.92. The van der Waals surface area contributed by atoms with Gasteiger partial charge in [0.25, 0.3) is 0 Å². The molecule has 19 heavy (non-hydrogen) atoms. The Labute approximate surface area is 119 Å². The van der Waals surface area contributed by atoms with Crippen LogP contribution in [0.5, 0.6) is 0 Å². The molecule has 108 valence electrons. The third-order valence-electron chi connectivity index (χ3n) is 3.52. The van der Waals surface area contributed by atoms with Crippen LogP contribution in [0.1, 0.15) is 37.9 Å². The van der Waals surface area contributed by atoms with E-state index >= 15 is 0 Å². The summed E-state index contributed by atoms with van der Waals surface area (Å²) in [5.41, 5.74) is 0. The predicted molar refractivity (Wildman–Crippen MR) is 75.6 cm³/mol. The van der Waals surface area contributed by atoms with Gasteiger partial charge in [-0.3, -0.25) is 0 Å². The lowest BCUT2D eigenvalue weighted by atomic mass is 10.2. The zero-order valence-electron chi connectivity index (χ0n) is 10.9. The van der Waals surface area contributed by atoms with Crippen molar-refractivity contribution in [1.29, 1.82) is 0 Å². The third-order valence-corrected chi connectivity index (χ3v) is 5.73. The van der Waals surface area contributed by atoms with Crippen molar-refractivity contribution in [3.63, 3.8) is 0 Å². The number of nitrogens with zero attached hydrogens (tertiary/aromatic N) is 1. The minimum Gasteiger partial charge on any atom is -0.468 e. The van der Waals surface area contributed by atoms with Gasteiger partial charge in [0.1, 0.15) is 5.76 Å². The minimum atomic E-state index is -3.26. The van der Waals surface area contributed by atoms with E-state index in [1.54, 1.807) is 16.6 Å². The van der Waals surface area contributed by atoms with Crippen molar-refractivity contribution < 1.29 is 12.8 Å². The highest BCUT2D eigenvalue weighted by atomic mass is 35.5. The van der Waals surface area contributed by atoms with E-state index in [1.165, 1.54) is 0 Å². The monoisotopic (exact) mass is 305 g/mol. The topological polar surface area (TPSA) is 50.5 Å². The number of furan rings is 1. The van der Waals surface area contributed by atoms with E-state index < -0.39 is 10.0 Å². The van der Waals surface area contributed by atoms with Crippen LogP contribution in [0.15, 0.2) is 22.8 Å². The third kappa shape index (κ3) is 3.97. The highest BCUT2D eigenvalue weighted by Gasteiger charge is 2.32. The van der Waals surface area contributed by atoms with Crippen molar-refractivity contribution >= 4 is 21.6 Å². The van der Waals surface area contributed by atoms with E-state index in [2.05, 4.69) is 0 Å². The van der Waals surface area contributed by atoms with Gasteiger partial charge in [0.05, 0.1) is 18.6 Å². The maximum absolute atomic E-state index is 12.4. The van der Waals surface area contributed by atoms with Crippen LogP contribution < -0.4 is 0 Å². The molecule has 0 N–H and O–H groups in total. The van der Waals surface area contributed by atoms with Crippen LogP contribution in [-0.2, 0) is 16.6 Å². The Hall–Kier alpha value is -0.520. The molecule has 6 heteroatoms. The van der Waals surface area contributed by atoms with E-state index in [0.717, 1.165) is 25.7 Å². The SMILES string of the molecule is O=S(=O)(CCCCl)N(Cc1ccco1)C1CCCC1. The summed E-state index contributed by atoms with van der Waals surface area (Å²) in [5.74, 6) is 1.19. The summed E-state index contributed by atoms with van der Waals surface area (Å²) in [7, 11) is -3.26. The van der Waals surface area contributed by atoms with Crippen LogP contribution in [-0.4, -0.2) is 30.4 Å². The van der Waals surface area contributed by atoms with Gasteiger partial charge in [-0.05, 0) is 31.4 Å². The molecule has 0 spiro atoms. The fourth-order valence-corrected chi connectivity index (χ4v) is 4.58. The van der Waals surface area contributed by atoms with Gasteiger partial charge in [0.2, 0.25) is 10.0 Å². The molecular formula is C13H20ClNO3S. The summed E-state index contributed by atoms with van der Waals surface area (Å²) in [6.45, 7) is 0.336. The van der Waals surface area contributed by atoms with Crippen LogP contribution in [0.2, 0.25) is 0 Å². The Balaban J connectivity index is 2.13. The van der Waals surface area contributed by atoms with Crippen molar-refractivity contribution in [3.05, 3.63) is 24.2 Å². The predicted octanol–water partition coefficient (Wildman–Crippen LogP) is 2.98. The molecule has 1 aromatic rings. The summed E-state index contributed by atoms with van der Waals surface area (Å²) < 4.78 is 31.8. The van der Waals surface area contributed by atoms with E-state index in [0.29, 0.717) is 24.6 Å². The summed E-state index contributed by atoms with van der Waals surface area (Å²) in [5, 5.41) is 0. The van der Waals surface area contributed by atoms with Gasteiger partial charge in [-0.25, -0.2) is 8.42 Å². The molecule has 0 aliphatic heterocycles. The van der Waals surface area contributed by atoms with Crippen LogP contribution >= 0.6 is 11.6 Å². The molecule has 4 nitrogen and oxygen atoms in total. The molecule has 1 saturated carbocycles. The maximum Gasteiger partial charge on any atom is 0.214 e. The zero-order valence-corrected chi connectivity index (χ0v) is 12.5. The van der Waals surface area contributed by atoms with Crippen molar-refractivity contribution in [2.45, 2.75) is 44.7 Å². The van der Waals surface area contributed by atoms with Gasteiger partial charge in [-0.1, -0.05) is 12.8 Å². The molecule has 0 amide bonds. The van der Waals surface area contributed by atoms with Gasteiger partial charge in [-0.15, -0.1) is 11.6 Å². The first-order valence-corrected chi connectivity index (χ1v) is 8.86. The number of hydrogen-bond acceptors (Lipinski definition) is 3. The first-order chi connectivity index (χ1) is 9.13. The number of hydrogen-bond donors (Lipinski definition) is 0. The molecule has 0 bridgehead atoms. The maximum atomic E-state index is 12.4. The lowest BCUT2D eigenvalue weighted by molar-refractivity contribution is 0.292. The summed E-state index contributed by atoms with van der Waals surface area (Å²) in [6, 6.07) is 3.72. The minimum absolute atomic E-state index is 0.116. The Morgan fingerprint density at radius 1 is 1.37 bits per heavy atom. The van der Waals surface area contributed by atoms with Crippen LogP contribution in [0.25, 0.3) is 0 Å². The first kappa shape index (κ1) is 14.9. The lowest BCUT2D eigenvalue weighted by Crippen LogP contribution is -2.39. The summed E-state index contributed by atoms with van der Waals surface area (Å²) in [6.07, 6.45) is 6.16. The van der Waals surface area contributed by atoms with Crippen LogP contribution in [0.4, 0.5) is 0 Å². The van der Waals surface area contributed by atoms with E-state index in [-0.39, 0.29) is 11.8 Å². The second-order valence-corrected chi connectivity index (χ2v) is 7.34. The molecule has 1 aromatic heterocycles. The van der Waals surface area contributed by atoms with Crippen molar-refractivity contribution in [3.8, 4) is 0 Å². The van der Waals surface area contributed by atoms with Gasteiger partial charge in [0, 0.05) is 11.9 Å². The normalized spacial score (nSPS) is 17.4. The van der Waals surface area contributed by atoms with Crippen molar-refractivity contribution in [2.75, 3.05) is 11.6 Å². The number of rotatable bonds is 7. The quantitative estimate of drug-likeness (QED) is 0.728. The molecule has 1 fully saturated rings. The van der Waals surface area contributed by atoms with Gasteiger partial charge < -0.3 is 4.42 Å². The fourth-order valence-electron chi connectivity index (χ4n) is 2.56. The van der Waals surface area contributed by atoms with Crippen LogP contribution in [0.3, 0.4) is 0 Å². The lowest BCUT2D eigenvalue weighted by Gasteiger charge is -2.27. The van der Waals surface area contributed by atoms with Crippen molar-refractivity contribution in [2.24, 2.45) is 0 Å². The smallest absolute Gasteiger partial charge is 0.214 e. The highest BCUT2D eigenvalue weighted by molar-refractivity contribution is 7.89. The molecule has 2 rings (SSSR count). The molecular weight excluding hydrogens is 286 g/mol. The molecule has 0 radical (unpaired) electrons. The second kappa shape index (κ2) is 6.77. The first-order valence-electron chi connectivity index (χ1n) is 6.71. The van der Waals surface area contributed by atoms with Gasteiger partial charge >= 0.3 is 0 Å². The Kier molecular flexibility index (Phi) is 5.30. The number of alkyl halides is 1. The molecule has 0 aromatic carbocycles. The number of sulfonamides is 1. The van der Waals surface area contributed by atoms with Gasteiger partial charge in [0.15, 0.2) is 0 Å². The fraction of sp³-hybridized carbons (Fsp3) is 0.692. The molecule has 1 aliphatic carbocycles. The molecule has 0 saturated heterocycles. The van der Waals surface area contributed by atoms with E-state index in [4.69, 9.17) is 16.0 Å². The Morgan fingerprint density at radius 3 is 2.68 bits per heavy atom. The summed E-state index contributed by atoms with van der Waals surface area (Å²) >= 11 is 5.61. The highest BCUT2D eigenvalue weighted by Crippen LogP contribution is 2.27. The number of halogens is 1. The van der Waals surface area contributed by atoms with E-state index in [1.807, 2.05) is 6.07 Å². The summed E-state index contributed by atoms with van der Waals surface area (Å²) in [4.78, 5) is 0. The standard InChI is InChI=1S/C13H20ClNO3S/c14-8-4-10-19(16,17)15(12-5-1-2-6-12)11-13-7-3-9-18-13/h3,7,9,12H,1-2,4-6,8,10-11H2. The molecule has 1 aliphatic rings. The molecule has 1 heterocycles. The Morgan fingerprint density at radius 2 is 2.11 bits per heavy atom. The van der Waals surface area contributed by atoms with Crippen LogP contribution in [0, 0.1) is 0 Å². The molecule has 0 atom stereocenters. The largest absolute Gasteiger partial charge is 0.468 e. The average molecular weight is 306 g/mol. The van der Waals surface area contributed by atoms with Crippen molar-refractivity contribution in [1.82, 2.24) is 4.31 Å². The van der Waals surface area contributed by atoms with Gasteiger partial charge in [-0.2, -0.15) is 4.31 Å². The zero-order chi connectivity index (χ0) is 13.7. The molecule has 0 unspecified atom stereocenters.